The minimum absolute atomic E-state index is 0.0204. The van der Waals surface area contributed by atoms with Gasteiger partial charge in [-0.15, -0.1) is 0 Å². The van der Waals surface area contributed by atoms with E-state index in [0.29, 0.717) is 17.1 Å². The molecule has 2 aromatic heterocycles. The van der Waals surface area contributed by atoms with E-state index in [1.54, 1.807) is 13.8 Å². The summed E-state index contributed by atoms with van der Waals surface area (Å²) < 4.78 is 29.6. The van der Waals surface area contributed by atoms with Crippen LogP contribution in [-0.2, 0) is 10.0 Å². The van der Waals surface area contributed by atoms with Gasteiger partial charge in [-0.05, 0) is 59.0 Å². The molecule has 5 rings (SSSR count). The highest BCUT2D eigenvalue weighted by Gasteiger charge is 2.27. The third kappa shape index (κ3) is 3.78. The topological polar surface area (TPSA) is 99.0 Å². The number of piperidine rings is 1. The van der Waals surface area contributed by atoms with Crippen LogP contribution in [0.15, 0.2) is 54.9 Å². The Bertz CT molecular complexity index is 1430. The van der Waals surface area contributed by atoms with E-state index in [1.165, 1.54) is 3.97 Å². The second-order valence-corrected chi connectivity index (χ2v) is 11.6. The Labute approximate surface area is 200 Å². The standard InChI is InChI=1S/C25H30N6O2S/c1-17(2)34(32,33)31-22-15-19(9-10-21(22)28-25(31)26)24-23(18-7-5-4-6-8-18)27-16-30(24)20-11-13-29(3)14-12-20/h4-10,15-17,20H,11-14H2,1-3H3,(H2,26,28). The lowest BCUT2D eigenvalue weighted by Gasteiger charge is -2.31. The molecule has 0 amide bonds. The summed E-state index contributed by atoms with van der Waals surface area (Å²) in [4.78, 5) is 11.5. The summed E-state index contributed by atoms with van der Waals surface area (Å²) in [5, 5.41) is -0.625. The molecule has 9 heteroatoms. The second-order valence-electron chi connectivity index (χ2n) is 9.28. The van der Waals surface area contributed by atoms with Gasteiger partial charge in [-0.1, -0.05) is 36.4 Å². The molecule has 4 aromatic rings. The van der Waals surface area contributed by atoms with Crippen LogP contribution >= 0.6 is 0 Å². The van der Waals surface area contributed by atoms with Crippen molar-refractivity contribution in [3.63, 3.8) is 0 Å². The van der Waals surface area contributed by atoms with Crippen molar-refractivity contribution in [1.82, 2.24) is 23.4 Å². The molecule has 1 aliphatic heterocycles. The van der Waals surface area contributed by atoms with Gasteiger partial charge in [0.25, 0.3) is 0 Å². The van der Waals surface area contributed by atoms with Gasteiger partial charge in [-0.25, -0.2) is 22.4 Å². The van der Waals surface area contributed by atoms with Crippen LogP contribution in [0.2, 0.25) is 0 Å². The average molecular weight is 479 g/mol. The molecule has 0 atom stereocenters. The Kier molecular flexibility index (Phi) is 5.69. The number of imidazole rings is 2. The van der Waals surface area contributed by atoms with Crippen molar-refractivity contribution < 1.29 is 8.42 Å². The number of hydrogen-bond donors (Lipinski definition) is 1. The van der Waals surface area contributed by atoms with Gasteiger partial charge in [0.05, 0.1) is 34.0 Å². The molecule has 0 radical (unpaired) electrons. The van der Waals surface area contributed by atoms with Crippen LogP contribution in [0, 0.1) is 0 Å². The smallest absolute Gasteiger partial charge is 0.244 e. The van der Waals surface area contributed by atoms with Crippen LogP contribution < -0.4 is 5.73 Å². The maximum absolute atomic E-state index is 13.1. The number of nitrogens with two attached hydrogens (primary N) is 1. The summed E-state index contributed by atoms with van der Waals surface area (Å²) in [5.74, 6) is -0.0204. The summed E-state index contributed by atoms with van der Waals surface area (Å²) in [7, 11) is -1.53. The van der Waals surface area contributed by atoms with Gasteiger partial charge in [0, 0.05) is 17.2 Å². The minimum atomic E-state index is -3.67. The molecule has 0 bridgehead atoms. The SMILES string of the molecule is CC(C)S(=O)(=O)n1c(N)nc2ccc(-c3c(-c4ccccc4)ncn3C3CCN(C)CC3)cc21. The first-order valence-corrected chi connectivity index (χ1v) is 13.1. The first kappa shape index (κ1) is 22.6. The highest BCUT2D eigenvalue weighted by Crippen LogP contribution is 2.37. The molecule has 0 aliphatic carbocycles. The van der Waals surface area contributed by atoms with Crippen LogP contribution in [0.3, 0.4) is 0 Å². The Morgan fingerprint density at radius 1 is 1.03 bits per heavy atom. The Morgan fingerprint density at radius 3 is 2.41 bits per heavy atom. The number of benzene rings is 2. The van der Waals surface area contributed by atoms with Gasteiger partial charge >= 0.3 is 0 Å². The van der Waals surface area contributed by atoms with Gasteiger partial charge < -0.3 is 15.2 Å². The van der Waals surface area contributed by atoms with E-state index >= 15 is 0 Å². The van der Waals surface area contributed by atoms with Crippen molar-refractivity contribution in [1.29, 1.82) is 0 Å². The number of likely N-dealkylation sites (tertiary alicyclic amines) is 1. The minimum Gasteiger partial charge on any atom is -0.368 e. The van der Waals surface area contributed by atoms with Crippen molar-refractivity contribution in [2.24, 2.45) is 0 Å². The fourth-order valence-electron chi connectivity index (χ4n) is 4.70. The number of fused-ring (bicyclic) bond motifs is 1. The molecule has 1 saturated heterocycles. The zero-order valence-corrected chi connectivity index (χ0v) is 20.5. The fraction of sp³-hybridized carbons (Fsp3) is 0.360. The average Bonchev–Trinajstić information content (AvgIpc) is 3.40. The number of anilines is 1. The summed E-state index contributed by atoms with van der Waals surface area (Å²) in [6, 6.07) is 16.1. The Hall–Kier alpha value is -3.17. The molecular weight excluding hydrogens is 448 g/mol. The van der Waals surface area contributed by atoms with Gasteiger partial charge in [0.15, 0.2) is 0 Å². The molecule has 3 heterocycles. The lowest BCUT2D eigenvalue weighted by molar-refractivity contribution is 0.222. The van der Waals surface area contributed by atoms with E-state index in [2.05, 4.69) is 33.6 Å². The second kappa shape index (κ2) is 8.56. The van der Waals surface area contributed by atoms with Crippen LogP contribution in [0.1, 0.15) is 32.7 Å². The quantitative estimate of drug-likeness (QED) is 0.465. The number of nitrogens with zero attached hydrogens (tertiary/aromatic N) is 5. The summed E-state index contributed by atoms with van der Waals surface area (Å²) in [5.41, 5.74) is 10.9. The van der Waals surface area contributed by atoms with E-state index < -0.39 is 15.3 Å². The van der Waals surface area contributed by atoms with Crippen molar-refractivity contribution in [2.75, 3.05) is 25.9 Å². The summed E-state index contributed by atoms with van der Waals surface area (Å²) >= 11 is 0. The van der Waals surface area contributed by atoms with Gasteiger partial charge in [0.2, 0.25) is 16.0 Å². The first-order chi connectivity index (χ1) is 16.3. The Morgan fingerprint density at radius 2 is 1.74 bits per heavy atom. The van der Waals surface area contributed by atoms with E-state index in [4.69, 9.17) is 10.7 Å². The zero-order chi connectivity index (χ0) is 24.0. The third-order valence-electron chi connectivity index (χ3n) is 6.68. The molecular formula is C25H30N6O2S. The maximum Gasteiger partial charge on any atom is 0.244 e. The molecule has 0 unspecified atom stereocenters. The third-order valence-corrected chi connectivity index (χ3v) is 8.77. The maximum atomic E-state index is 13.1. The molecule has 1 aliphatic rings. The number of hydrogen-bond acceptors (Lipinski definition) is 6. The predicted molar refractivity (Wildman–Crippen MR) is 136 cm³/mol. The molecule has 2 aromatic carbocycles. The van der Waals surface area contributed by atoms with Gasteiger partial charge in [0.1, 0.15) is 0 Å². The number of aromatic nitrogens is 4. The fourth-order valence-corrected chi connectivity index (χ4v) is 5.85. The number of rotatable bonds is 5. The van der Waals surface area contributed by atoms with Crippen molar-refractivity contribution in [3.8, 4) is 22.5 Å². The van der Waals surface area contributed by atoms with E-state index in [0.717, 1.165) is 48.4 Å². The van der Waals surface area contributed by atoms with E-state index in [1.807, 2.05) is 42.7 Å². The number of nitrogen functional groups attached to an aromatic ring is 1. The van der Waals surface area contributed by atoms with Crippen LogP contribution in [-0.4, -0.2) is 57.2 Å². The van der Waals surface area contributed by atoms with Crippen LogP contribution in [0.25, 0.3) is 33.5 Å². The molecule has 8 nitrogen and oxygen atoms in total. The molecule has 178 valence electrons. The van der Waals surface area contributed by atoms with Crippen molar-refractivity contribution in [3.05, 3.63) is 54.9 Å². The van der Waals surface area contributed by atoms with E-state index in [9.17, 15) is 8.42 Å². The Balaban J connectivity index is 1.72. The molecule has 34 heavy (non-hydrogen) atoms. The van der Waals surface area contributed by atoms with Gasteiger partial charge in [-0.3, -0.25) is 0 Å². The highest BCUT2D eigenvalue weighted by atomic mass is 32.2. The monoisotopic (exact) mass is 478 g/mol. The van der Waals surface area contributed by atoms with Gasteiger partial charge in [-0.2, -0.15) is 0 Å². The van der Waals surface area contributed by atoms with Crippen LogP contribution in [0.5, 0.6) is 0 Å². The zero-order valence-electron chi connectivity index (χ0n) is 19.7. The normalized spacial score (nSPS) is 16.0. The highest BCUT2D eigenvalue weighted by molar-refractivity contribution is 7.90. The van der Waals surface area contributed by atoms with Crippen molar-refractivity contribution >= 4 is 27.0 Å². The van der Waals surface area contributed by atoms with Crippen molar-refractivity contribution in [2.45, 2.75) is 38.0 Å². The van der Waals surface area contributed by atoms with Crippen LogP contribution in [0.4, 0.5) is 5.95 Å². The lowest BCUT2D eigenvalue weighted by Crippen LogP contribution is -2.31. The molecule has 2 N–H and O–H groups in total. The summed E-state index contributed by atoms with van der Waals surface area (Å²) in [6.07, 6.45) is 3.99. The summed E-state index contributed by atoms with van der Waals surface area (Å²) in [6.45, 7) is 5.34. The predicted octanol–water partition coefficient (Wildman–Crippen LogP) is 4.00. The lowest BCUT2D eigenvalue weighted by atomic mass is 10.0. The molecule has 0 spiro atoms. The molecule has 1 fully saturated rings. The largest absolute Gasteiger partial charge is 0.368 e. The van der Waals surface area contributed by atoms with E-state index in [-0.39, 0.29) is 5.95 Å². The molecule has 0 saturated carbocycles. The first-order valence-electron chi connectivity index (χ1n) is 11.6.